The third-order valence-electron chi connectivity index (χ3n) is 4.78. The van der Waals surface area contributed by atoms with Gasteiger partial charge in [0.2, 0.25) is 0 Å². The molecule has 0 aromatic heterocycles. The van der Waals surface area contributed by atoms with Crippen LogP contribution in [-0.4, -0.2) is 36.6 Å². The fraction of sp³-hybridized carbons (Fsp3) is 0.933. The topological polar surface area (TPSA) is 39.1 Å². The van der Waals surface area contributed by atoms with Crippen molar-refractivity contribution in [2.75, 3.05) is 26.2 Å². The Morgan fingerprint density at radius 2 is 2.06 bits per heavy atom. The SMILES string of the molecule is CCCC1CCC(C#N)(N2CCCNCC2)CC1. The first-order valence-corrected chi connectivity index (χ1v) is 7.68. The Morgan fingerprint density at radius 1 is 1.28 bits per heavy atom. The molecule has 1 saturated carbocycles. The highest BCUT2D eigenvalue weighted by Crippen LogP contribution is 2.38. The summed E-state index contributed by atoms with van der Waals surface area (Å²) in [5.74, 6) is 0.876. The molecule has 1 aliphatic heterocycles. The fourth-order valence-corrected chi connectivity index (χ4v) is 3.62. The van der Waals surface area contributed by atoms with Crippen molar-refractivity contribution in [3.8, 4) is 6.07 Å². The van der Waals surface area contributed by atoms with Crippen LogP contribution in [0.4, 0.5) is 0 Å². The Hall–Kier alpha value is -0.590. The number of rotatable bonds is 3. The van der Waals surface area contributed by atoms with Crippen molar-refractivity contribution in [2.24, 2.45) is 5.92 Å². The average molecular weight is 249 g/mol. The Labute approximate surface area is 112 Å². The minimum Gasteiger partial charge on any atom is -0.315 e. The van der Waals surface area contributed by atoms with E-state index < -0.39 is 0 Å². The Kier molecular flexibility index (Phi) is 5.03. The standard InChI is InChI=1S/C15H27N3/c1-2-4-14-5-7-15(13-16,8-6-14)18-11-3-9-17-10-12-18/h14,17H,2-12H2,1H3. The van der Waals surface area contributed by atoms with Crippen LogP contribution < -0.4 is 5.32 Å². The molecule has 3 heteroatoms. The van der Waals surface area contributed by atoms with Crippen molar-refractivity contribution in [3.05, 3.63) is 0 Å². The molecule has 102 valence electrons. The number of hydrogen-bond donors (Lipinski definition) is 1. The maximum Gasteiger partial charge on any atom is 0.109 e. The van der Waals surface area contributed by atoms with Crippen molar-refractivity contribution in [3.63, 3.8) is 0 Å². The summed E-state index contributed by atoms with van der Waals surface area (Å²) < 4.78 is 0. The van der Waals surface area contributed by atoms with Crippen LogP contribution in [0.2, 0.25) is 0 Å². The minimum atomic E-state index is -0.143. The number of nitrogens with zero attached hydrogens (tertiary/aromatic N) is 2. The van der Waals surface area contributed by atoms with Crippen LogP contribution in [0, 0.1) is 17.2 Å². The van der Waals surface area contributed by atoms with E-state index in [1.54, 1.807) is 0 Å². The Morgan fingerprint density at radius 3 is 2.72 bits per heavy atom. The van der Waals surface area contributed by atoms with Gasteiger partial charge in [0.25, 0.3) is 0 Å². The number of hydrogen-bond acceptors (Lipinski definition) is 3. The van der Waals surface area contributed by atoms with E-state index in [4.69, 9.17) is 0 Å². The van der Waals surface area contributed by atoms with Crippen LogP contribution in [0.3, 0.4) is 0 Å². The van der Waals surface area contributed by atoms with Gasteiger partial charge in [-0.2, -0.15) is 5.26 Å². The smallest absolute Gasteiger partial charge is 0.109 e. The van der Waals surface area contributed by atoms with E-state index in [9.17, 15) is 5.26 Å². The molecule has 0 spiro atoms. The predicted octanol–water partition coefficient (Wildman–Crippen LogP) is 2.53. The molecular formula is C15H27N3. The van der Waals surface area contributed by atoms with Crippen LogP contribution in [0.25, 0.3) is 0 Å². The van der Waals surface area contributed by atoms with E-state index in [2.05, 4.69) is 23.2 Å². The first-order valence-electron chi connectivity index (χ1n) is 7.68. The predicted molar refractivity (Wildman–Crippen MR) is 74.3 cm³/mol. The van der Waals surface area contributed by atoms with Gasteiger partial charge < -0.3 is 5.32 Å². The van der Waals surface area contributed by atoms with Gasteiger partial charge in [-0.3, -0.25) is 4.90 Å². The zero-order chi connectivity index (χ0) is 12.8. The second kappa shape index (κ2) is 6.54. The second-order valence-electron chi connectivity index (χ2n) is 5.97. The summed E-state index contributed by atoms with van der Waals surface area (Å²) in [5, 5.41) is 13.1. The molecule has 2 rings (SSSR count). The lowest BCUT2D eigenvalue weighted by atomic mass is 9.75. The zero-order valence-corrected chi connectivity index (χ0v) is 11.7. The Balaban J connectivity index is 1.97. The third-order valence-corrected chi connectivity index (χ3v) is 4.78. The fourth-order valence-electron chi connectivity index (χ4n) is 3.62. The largest absolute Gasteiger partial charge is 0.315 e. The summed E-state index contributed by atoms with van der Waals surface area (Å²) in [4.78, 5) is 2.47. The van der Waals surface area contributed by atoms with Crippen LogP contribution in [0.1, 0.15) is 51.9 Å². The van der Waals surface area contributed by atoms with Gasteiger partial charge in [-0.25, -0.2) is 0 Å². The van der Waals surface area contributed by atoms with Gasteiger partial charge in [0.1, 0.15) is 5.54 Å². The normalized spacial score (nSPS) is 34.8. The highest BCUT2D eigenvalue weighted by molar-refractivity contribution is 5.10. The van der Waals surface area contributed by atoms with Crippen molar-refractivity contribution in [1.29, 1.82) is 5.26 Å². The average Bonchev–Trinajstić information content (AvgIpc) is 2.70. The molecule has 2 aliphatic rings. The van der Waals surface area contributed by atoms with E-state index in [0.717, 1.165) is 44.9 Å². The minimum absolute atomic E-state index is 0.143. The Bertz CT molecular complexity index is 279. The van der Waals surface area contributed by atoms with Gasteiger partial charge in [0.15, 0.2) is 0 Å². The van der Waals surface area contributed by atoms with Crippen LogP contribution in [0.5, 0.6) is 0 Å². The van der Waals surface area contributed by atoms with Gasteiger partial charge in [-0.1, -0.05) is 19.8 Å². The van der Waals surface area contributed by atoms with Crippen molar-refractivity contribution in [2.45, 2.75) is 57.4 Å². The molecule has 0 atom stereocenters. The lowest BCUT2D eigenvalue weighted by Gasteiger charge is -2.43. The quantitative estimate of drug-likeness (QED) is 0.835. The van der Waals surface area contributed by atoms with Crippen molar-refractivity contribution < 1.29 is 0 Å². The molecule has 0 aromatic rings. The molecule has 3 nitrogen and oxygen atoms in total. The molecule has 0 radical (unpaired) electrons. The van der Waals surface area contributed by atoms with Gasteiger partial charge in [-0.15, -0.1) is 0 Å². The van der Waals surface area contributed by atoms with Crippen LogP contribution >= 0.6 is 0 Å². The molecule has 1 saturated heterocycles. The summed E-state index contributed by atoms with van der Waals surface area (Å²) in [5.41, 5.74) is -0.143. The van der Waals surface area contributed by atoms with Gasteiger partial charge in [0.05, 0.1) is 6.07 Å². The maximum atomic E-state index is 9.69. The molecule has 0 amide bonds. The van der Waals surface area contributed by atoms with Gasteiger partial charge in [-0.05, 0) is 44.6 Å². The van der Waals surface area contributed by atoms with Gasteiger partial charge >= 0.3 is 0 Å². The van der Waals surface area contributed by atoms with E-state index in [1.165, 1.54) is 32.1 Å². The summed E-state index contributed by atoms with van der Waals surface area (Å²) in [7, 11) is 0. The van der Waals surface area contributed by atoms with Crippen LogP contribution in [-0.2, 0) is 0 Å². The summed E-state index contributed by atoms with van der Waals surface area (Å²) in [6.45, 7) is 6.57. The molecule has 0 unspecified atom stereocenters. The lowest BCUT2D eigenvalue weighted by Crippen LogP contribution is -2.51. The van der Waals surface area contributed by atoms with E-state index in [0.29, 0.717) is 0 Å². The van der Waals surface area contributed by atoms with Crippen molar-refractivity contribution >= 4 is 0 Å². The molecule has 1 heterocycles. The monoisotopic (exact) mass is 249 g/mol. The first kappa shape index (κ1) is 13.8. The molecule has 0 bridgehead atoms. The molecule has 2 fully saturated rings. The summed E-state index contributed by atoms with van der Waals surface area (Å²) in [6.07, 6.45) is 8.52. The molecule has 1 aliphatic carbocycles. The molecular weight excluding hydrogens is 222 g/mol. The van der Waals surface area contributed by atoms with E-state index in [1.807, 2.05) is 0 Å². The number of nitriles is 1. The lowest BCUT2D eigenvalue weighted by molar-refractivity contribution is 0.0849. The first-order chi connectivity index (χ1) is 8.80. The summed E-state index contributed by atoms with van der Waals surface area (Å²) >= 11 is 0. The second-order valence-corrected chi connectivity index (χ2v) is 5.97. The highest BCUT2D eigenvalue weighted by atomic mass is 15.2. The van der Waals surface area contributed by atoms with Gasteiger partial charge in [0, 0.05) is 19.6 Å². The summed E-state index contributed by atoms with van der Waals surface area (Å²) in [6, 6.07) is 2.68. The zero-order valence-electron chi connectivity index (χ0n) is 11.7. The highest BCUT2D eigenvalue weighted by Gasteiger charge is 2.40. The molecule has 18 heavy (non-hydrogen) atoms. The molecule has 0 aromatic carbocycles. The van der Waals surface area contributed by atoms with E-state index >= 15 is 0 Å². The van der Waals surface area contributed by atoms with Crippen LogP contribution in [0.15, 0.2) is 0 Å². The van der Waals surface area contributed by atoms with Crippen molar-refractivity contribution in [1.82, 2.24) is 10.2 Å². The molecule has 1 N–H and O–H groups in total. The van der Waals surface area contributed by atoms with E-state index in [-0.39, 0.29) is 5.54 Å². The number of nitrogens with one attached hydrogen (secondary N) is 1. The third kappa shape index (κ3) is 3.05. The maximum absolute atomic E-state index is 9.69.